The Morgan fingerprint density at radius 3 is 2.74 bits per heavy atom. The zero-order chi connectivity index (χ0) is 19.0. The molecule has 27 heavy (non-hydrogen) atoms. The Balaban J connectivity index is 1.79. The Kier molecular flexibility index (Phi) is 4.25. The summed E-state index contributed by atoms with van der Waals surface area (Å²) in [7, 11) is 0. The molecule has 0 radical (unpaired) electrons. The monoisotopic (exact) mass is 374 g/mol. The number of nitriles is 1. The van der Waals surface area contributed by atoms with Crippen molar-refractivity contribution in [3.63, 3.8) is 0 Å². The van der Waals surface area contributed by atoms with Crippen molar-refractivity contribution < 1.29 is 4.79 Å². The normalized spacial score (nSPS) is 20.7. The van der Waals surface area contributed by atoms with Crippen LogP contribution < -0.4 is 5.32 Å². The molecule has 0 saturated carbocycles. The van der Waals surface area contributed by atoms with Crippen molar-refractivity contribution in [1.82, 2.24) is 9.36 Å². The van der Waals surface area contributed by atoms with Crippen molar-refractivity contribution in [3.05, 3.63) is 76.6 Å². The second-order valence-electron chi connectivity index (χ2n) is 7.06. The molecule has 1 aliphatic carbocycles. The number of fused-ring (bicyclic) bond motifs is 1. The Bertz CT molecular complexity index is 1050. The number of hydrogen-bond donors (Lipinski definition) is 1. The van der Waals surface area contributed by atoms with Crippen LogP contribution in [0.5, 0.6) is 0 Å². The summed E-state index contributed by atoms with van der Waals surface area (Å²) in [5.41, 5.74) is 3.15. The lowest BCUT2D eigenvalue weighted by molar-refractivity contribution is -0.125. The summed E-state index contributed by atoms with van der Waals surface area (Å²) in [4.78, 5) is 17.6. The van der Waals surface area contributed by atoms with Crippen LogP contribution >= 0.6 is 11.5 Å². The molecule has 134 valence electrons. The van der Waals surface area contributed by atoms with E-state index in [-0.39, 0.29) is 11.8 Å². The zero-order valence-corrected chi connectivity index (χ0v) is 15.9. The number of aryl methyl sites for hydroxylation is 1. The van der Waals surface area contributed by atoms with Gasteiger partial charge in [-0.1, -0.05) is 36.4 Å². The van der Waals surface area contributed by atoms with Crippen LogP contribution in [0.4, 0.5) is 5.13 Å². The van der Waals surface area contributed by atoms with Crippen LogP contribution in [-0.4, -0.2) is 15.3 Å². The van der Waals surface area contributed by atoms with E-state index in [0.717, 1.165) is 16.7 Å². The highest BCUT2D eigenvalue weighted by Crippen LogP contribution is 2.51. The standard InChI is InChI=1S/C21H18N4OS/c1-13-23-20(27-25-13)24-19(26)21(2)11-16-9-8-14(12-22)10-17(16)18(21)15-6-4-3-5-7-15/h3-10,18H,11H2,1-2H3,(H,23,24,25,26). The Labute approximate surface area is 161 Å². The third-order valence-electron chi connectivity index (χ3n) is 5.18. The van der Waals surface area contributed by atoms with Crippen LogP contribution in [0.15, 0.2) is 48.5 Å². The second-order valence-corrected chi connectivity index (χ2v) is 7.82. The number of anilines is 1. The lowest BCUT2D eigenvalue weighted by Gasteiger charge is -2.30. The average molecular weight is 374 g/mol. The molecule has 0 aliphatic heterocycles. The van der Waals surface area contributed by atoms with E-state index in [9.17, 15) is 10.1 Å². The molecule has 1 N–H and O–H groups in total. The van der Waals surface area contributed by atoms with Gasteiger partial charge in [-0.15, -0.1) is 0 Å². The smallest absolute Gasteiger partial charge is 0.233 e. The molecular weight excluding hydrogens is 356 g/mol. The van der Waals surface area contributed by atoms with Crippen molar-refractivity contribution in [2.45, 2.75) is 26.2 Å². The summed E-state index contributed by atoms with van der Waals surface area (Å²) in [5, 5.41) is 12.8. The largest absolute Gasteiger partial charge is 0.300 e. The number of nitrogens with zero attached hydrogens (tertiary/aromatic N) is 3. The number of carbonyl (C=O) groups is 1. The van der Waals surface area contributed by atoms with Gasteiger partial charge in [-0.2, -0.15) is 9.64 Å². The average Bonchev–Trinajstić information content (AvgIpc) is 3.22. The SMILES string of the molecule is Cc1nsc(NC(=O)C2(C)Cc3ccc(C#N)cc3C2c2ccccc2)n1. The first-order valence-corrected chi connectivity index (χ1v) is 9.48. The first-order chi connectivity index (χ1) is 13.0. The molecule has 1 heterocycles. The van der Waals surface area contributed by atoms with Gasteiger partial charge >= 0.3 is 0 Å². The van der Waals surface area contributed by atoms with E-state index in [1.165, 1.54) is 11.5 Å². The molecule has 0 spiro atoms. The Hall–Kier alpha value is -3.04. The highest BCUT2D eigenvalue weighted by atomic mass is 32.1. The van der Waals surface area contributed by atoms with Crippen LogP contribution in [0.2, 0.25) is 0 Å². The summed E-state index contributed by atoms with van der Waals surface area (Å²) in [6, 6.07) is 17.9. The number of benzene rings is 2. The third kappa shape index (κ3) is 3.00. The predicted octanol–water partition coefficient (Wildman–Crippen LogP) is 4.05. The van der Waals surface area contributed by atoms with E-state index >= 15 is 0 Å². The number of rotatable bonds is 3. The molecule has 1 aromatic heterocycles. The molecule has 2 atom stereocenters. The molecule has 2 unspecified atom stereocenters. The summed E-state index contributed by atoms with van der Waals surface area (Å²) in [6.45, 7) is 3.79. The molecule has 0 fully saturated rings. The molecule has 1 aliphatic rings. The quantitative estimate of drug-likeness (QED) is 0.750. The summed E-state index contributed by atoms with van der Waals surface area (Å²) in [5.74, 6) is 0.437. The molecule has 0 bridgehead atoms. The van der Waals surface area contributed by atoms with Crippen LogP contribution in [0, 0.1) is 23.7 Å². The predicted molar refractivity (Wildman–Crippen MR) is 105 cm³/mol. The molecule has 4 rings (SSSR count). The summed E-state index contributed by atoms with van der Waals surface area (Å²) >= 11 is 1.19. The van der Waals surface area contributed by atoms with E-state index in [1.54, 1.807) is 6.92 Å². The van der Waals surface area contributed by atoms with E-state index in [1.807, 2.05) is 55.5 Å². The number of nitrogens with one attached hydrogen (secondary N) is 1. The topological polar surface area (TPSA) is 78.7 Å². The van der Waals surface area contributed by atoms with Gasteiger partial charge < -0.3 is 5.32 Å². The van der Waals surface area contributed by atoms with E-state index in [4.69, 9.17) is 0 Å². The molecule has 2 aromatic carbocycles. The van der Waals surface area contributed by atoms with Crippen molar-refractivity contribution in [2.24, 2.45) is 5.41 Å². The lowest BCUT2D eigenvalue weighted by atomic mass is 9.73. The fourth-order valence-electron chi connectivity index (χ4n) is 3.93. The molecule has 1 amide bonds. The lowest BCUT2D eigenvalue weighted by Crippen LogP contribution is -2.37. The maximum atomic E-state index is 13.3. The minimum absolute atomic E-state index is 0.0813. The van der Waals surface area contributed by atoms with Gasteiger partial charge in [0.15, 0.2) is 0 Å². The molecule has 0 saturated heterocycles. The highest BCUT2D eigenvalue weighted by Gasteiger charge is 2.49. The van der Waals surface area contributed by atoms with Gasteiger partial charge in [0, 0.05) is 17.5 Å². The number of aromatic nitrogens is 2. The van der Waals surface area contributed by atoms with Crippen LogP contribution in [0.1, 0.15) is 40.9 Å². The van der Waals surface area contributed by atoms with Gasteiger partial charge in [0.1, 0.15) is 5.82 Å². The minimum atomic E-state index is -0.683. The van der Waals surface area contributed by atoms with Gasteiger partial charge in [0.25, 0.3) is 0 Å². The Morgan fingerprint density at radius 2 is 2.07 bits per heavy atom. The molecular formula is C21H18N4OS. The maximum Gasteiger partial charge on any atom is 0.233 e. The summed E-state index contributed by atoms with van der Waals surface area (Å²) < 4.78 is 4.14. The highest BCUT2D eigenvalue weighted by molar-refractivity contribution is 7.09. The van der Waals surface area contributed by atoms with Gasteiger partial charge in [-0.25, -0.2) is 4.98 Å². The first kappa shape index (κ1) is 17.4. The van der Waals surface area contributed by atoms with Crippen molar-refractivity contribution in [3.8, 4) is 6.07 Å². The maximum absolute atomic E-state index is 13.3. The van der Waals surface area contributed by atoms with Gasteiger partial charge in [-0.3, -0.25) is 4.79 Å². The van der Waals surface area contributed by atoms with Crippen LogP contribution in [0.3, 0.4) is 0 Å². The summed E-state index contributed by atoms with van der Waals surface area (Å²) in [6.07, 6.45) is 0.608. The Morgan fingerprint density at radius 1 is 1.30 bits per heavy atom. The third-order valence-corrected chi connectivity index (χ3v) is 5.90. The number of hydrogen-bond acceptors (Lipinski definition) is 5. The zero-order valence-electron chi connectivity index (χ0n) is 15.1. The first-order valence-electron chi connectivity index (χ1n) is 8.71. The van der Waals surface area contributed by atoms with Gasteiger partial charge in [0.05, 0.1) is 17.0 Å². The number of amides is 1. The number of carbonyl (C=O) groups excluding carboxylic acids is 1. The van der Waals surface area contributed by atoms with Gasteiger partial charge in [-0.05, 0) is 49.1 Å². The second kappa shape index (κ2) is 6.60. The van der Waals surface area contributed by atoms with Crippen molar-refractivity contribution in [2.75, 3.05) is 5.32 Å². The molecule has 5 nitrogen and oxygen atoms in total. The van der Waals surface area contributed by atoms with E-state index in [2.05, 4.69) is 20.7 Å². The van der Waals surface area contributed by atoms with Crippen molar-refractivity contribution in [1.29, 1.82) is 5.26 Å². The van der Waals surface area contributed by atoms with Crippen LogP contribution in [0.25, 0.3) is 0 Å². The molecule has 3 aromatic rings. The van der Waals surface area contributed by atoms with Crippen molar-refractivity contribution >= 4 is 22.6 Å². The minimum Gasteiger partial charge on any atom is -0.300 e. The molecule has 6 heteroatoms. The fraction of sp³-hybridized carbons (Fsp3) is 0.238. The van der Waals surface area contributed by atoms with Crippen LogP contribution in [-0.2, 0) is 11.2 Å². The van der Waals surface area contributed by atoms with E-state index < -0.39 is 5.41 Å². The van der Waals surface area contributed by atoms with E-state index in [0.29, 0.717) is 22.9 Å². The van der Waals surface area contributed by atoms with Gasteiger partial charge in [0.2, 0.25) is 11.0 Å². The fourth-order valence-corrected chi connectivity index (χ4v) is 4.50.